The van der Waals surface area contributed by atoms with Gasteiger partial charge in [0.15, 0.2) is 0 Å². The molecule has 2 heterocycles. The first-order chi connectivity index (χ1) is 13.4. The van der Waals surface area contributed by atoms with E-state index in [-0.39, 0.29) is 17.7 Å². The molecule has 28 heavy (non-hydrogen) atoms. The highest BCUT2D eigenvalue weighted by Crippen LogP contribution is 2.25. The molecule has 150 valence electrons. The first-order valence-electron chi connectivity index (χ1n) is 9.31. The van der Waals surface area contributed by atoms with Crippen LogP contribution in [-0.2, 0) is 17.8 Å². The second kappa shape index (κ2) is 9.25. The number of hydrogen-bond acceptors (Lipinski definition) is 4. The Morgan fingerprint density at radius 1 is 1.32 bits per heavy atom. The molecule has 1 aromatic heterocycles. The number of amides is 2. The van der Waals surface area contributed by atoms with E-state index in [4.69, 9.17) is 23.2 Å². The molecule has 0 saturated carbocycles. The van der Waals surface area contributed by atoms with Crippen LogP contribution in [0.3, 0.4) is 0 Å². The monoisotopic (exact) mass is 439 g/mol. The number of likely N-dealkylation sites (tertiary alicyclic amines) is 1. The first-order valence-corrected chi connectivity index (χ1v) is 10.9. The minimum atomic E-state index is -0.199. The van der Waals surface area contributed by atoms with Crippen LogP contribution in [0.5, 0.6) is 0 Å². The van der Waals surface area contributed by atoms with Crippen molar-refractivity contribution in [2.45, 2.75) is 32.7 Å². The topological polar surface area (TPSA) is 53.5 Å². The van der Waals surface area contributed by atoms with Gasteiger partial charge in [0, 0.05) is 31.1 Å². The summed E-state index contributed by atoms with van der Waals surface area (Å²) in [6.45, 7) is 3.61. The van der Waals surface area contributed by atoms with Gasteiger partial charge in [-0.15, -0.1) is 11.3 Å². The zero-order chi connectivity index (χ0) is 20.3. The second-order valence-corrected chi connectivity index (χ2v) is 8.76. The Kier molecular flexibility index (Phi) is 6.96. The van der Waals surface area contributed by atoms with Crippen molar-refractivity contribution in [1.82, 2.24) is 14.8 Å². The molecule has 1 aliphatic rings. The van der Waals surface area contributed by atoms with E-state index in [1.807, 2.05) is 5.38 Å². The summed E-state index contributed by atoms with van der Waals surface area (Å²) in [6, 6.07) is 4.87. The van der Waals surface area contributed by atoms with Gasteiger partial charge in [0.2, 0.25) is 5.91 Å². The average molecular weight is 440 g/mol. The van der Waals surface area contributed by atoms with Crippen molar-refractivity contribution in [2.24, 2.45) is 5.92 Å². The van der Waals surface area contributed by atoms with Crippen molar-refractivity contribution >= 4 is 46.4 Å². The van der Waals surface area contributed by atoms with Crippen molar-refractivity contribution in [3.8, 4) is 0 Å². The maximum absolute atomic E-state index is 12.9. The van der Waals surface area contributed by atoms with E-state index < -0.39 is 0 Å². The molecule has 3 rings (SSSR count). The fourth-order valence-electron chi connectivity index (χ4n) is 3.39. The quantitative estimate of drug-likeness (QED) is 0.687. The minimum Gasteiger partial charge on any atom is -0.340 e. The zero-order valence-electron chi connectivity index (χ0n) is 16.0. The van der Waals surface area contributed by atoms with Gasteiger partial charge in [0.25, 0.3) is 5.91 Å². The fourth-order valence-corrected chi connectivity index (χ4v) is 4.43. The van der Waals surface area contributed by atoms with Gasteiger partial charge in [-0.25, -0.2) is 4.98 Å². The van der Waals surface area contributed by atoms with Crippen molar-refractivity contribution in [2.75, 3.05) is 20.1 Å². The van der Waals surface area contributed by atoms with E-state index in [1.54, 1.807) is 46.4 Å². The molecule has 0 N–H and O–H groups in total. The largest absolute Gasteiger partial charge is 0.340 e. The molecule has 2 aromatic rings. The van der Waals surface area contributed by atoms with Crippen LogP contribution in [0, 0.1) is 5.92 Å². The molecule has 8 heteroatoms. The Labute approximate surface area is 179 Å². The number of rotatable bonds is 5. The number of halogens is 2. The Hall–Kier alpha value is -1.63. The van der Waals surface area contributed by atoms with Crippen molar-refractivity contribution in [3.63, 3.8) is 0 Å². The number of nitrogens with zero attached hydrogens (tertiary/aromatic N) is 3. The number of piperidine rings is 1. The highest BCUT2D eigenvalue weighted by atomic mass is 35.5. The second-order valence-electron chi connectivity index (χ2n) is 7.00. The van der Waals surface area contributed by atoms with E-state index in [2.05, 4.69) is 11.9 Å². The van der Waals surface area contributed by atoms with Gasteiger partial charge >= 0.3 is 0 Å². The third-order valence-corrected chi connectivity index (χ3v) is 6.68. The summed E-state index contributed by atoms with van der Waals surface area (Å²) >= 11 is 13.6. The van der Waals surface area contributed by atoms with Gasteiger partial charge < -0.3 is 9.80 Å². The summed E-state index contributed by atoms with van der Waals surface area (Å²) in [4.78, 5) is 33.7. The van der Waals surface area contributed by atoms with Crippen LogP contribution in [0.15, 0.2) is 23.6 Å². The summed E-state index contributed by atoms with van der Waals surface area (Å²) in [6.07, 6.45) is 2.48. The number of hydrogen-bond donors (Lipinski definition) is 0. The van der Waals surface area contributed by atoms with Crippen LogP contribution in [0.4, 0.5) is 0 Å². The summed E-state index contributed by atoms with van der Waals surface area (Å²) in [5, 5.41) is 3.85. The Balaban J connectivity index is 1.63. The van der Waals surface area contributed by atoms with Crippen LogP contribution in [-0.4, -0.2) is 46.7 Å². The summed E-state index contributed by atoms with van der Waals surface area (Å²) in [5.74, 6) is -0.266. The Bertz CT molecular complexity index is 871. The third kappa shape index (κ3) is 4.85. The SMILES string of the molecule is CCc1nc(CN(C)C(=O)C2CCCN(C(=O)c3ccc(Cl)c(Cl)c3)C2)cs1. The van der Waals surface area contributed by atoms with Gasteiger partial charge in [-0.2, -0.15) is 0 Å². The molecule has 0 spiro atoms. The molecule has 1 unspecified atom stereocenters. The van der Waals surface area contributed by atoms with Crippen LogP contribution in [0.25, 0.3) is 0 Å². The van der Waals surface area contributed by atoms with Crippen LogP contribution in [0.1, 0.15) is 40.8 Å². The highest BCUT2D eigenvalue weighted by molar-refractivity contribution is 7.09. The molecule has 0 aliphatic carbocycles. The number of thiazole rings is 1. The molecule has 1 aromatic carbocycles. The number of carbonyl (C=O) groups excluding carboxylic acids is 2. The fraction of sp³-hybridized carbons (Fsp3) is 0.450. The normalized spacial score (nSPS) is 16.9. The molecule has 5 nitrogen and oxygen atoms in total. The first kappa shape index (κ1) is 21.1. The highest BCUT2D eigenvalue weighted by Gasteiger charge is 2.31. The molecular formula is C20H23Cl2N3O2S. The Morgan fingerprint density at radius 3 is 2.79 bits per heavy atom. The van der Waals surface area contributed by atoms with Crippen LogP contribution < -0.4 is 0 Å². The lowest BCUT2D eigenvalue weighted by Gasteiger charge is -2.34. The lowest BCUT2D eigenvalue weighted by Crippen LogP contribution is -2.45. The molecule has 2 amide bonds. The van der Waals surface area contributed by atoms with E-state index in [9.17, 15) is 9.59 Å². The van der Waals surface area contributed by atoms with E-state index in [1.165, 1.54) is 0 Å². The maximum Gasteiger partial charge on any atom is 0.253 e. The summed E-state index contributed by atoms with van der Waals surface area (Å²) in [5.41, 5.74) is 1.41. The maximum atomic E-state index is 12.9. The van der Waals surface area contributed by atoms with Crippen LogP contribution in [0.2, 0.25) is 10.0 Å². The van der Waals surface area contributed by atoms with Crippen molar-refractivity contribution in [1.29, 1.82) is 0 Å². The lowest BCUT2D eigenvalue weighted by atomic mass is 9.96. The van der Waals surface area contributed by atoms with E-state index in [0.717, 1.165) is 30.0 Å². The lowest BCUT2D eigenvalue weighted by molar-refractivity contribution is -0.136. The van der Waals surface area contributed by atoms with E-state index >= 15 is 0 Å². The standard InChI is InChI=1S/C20H23Cl2N3O2S/c1-3-18-23-15(12-28-18)11-24(2)19(26)14-5-4-8-25(10-14)20(27)13-6-7-16(21)17(22)9-13/h6-7,9,12,14H,3-5,8,10-11H2,1-2H3. The van der Waals surface area contributed by atoms with Gasteiger partial charge in [-0.05, 0) is 37.5 Å². The molecule has 1 atom stereocenters. The van der Waals surface area contributed by atoms with E-state index in [0.29, 0.717) is 35.2 Å². The van der Waals surface area contributed by atoms with Gasteiger partial charge in [-0.3, -0.25) is 9.59 Å². The number of aryl methyl sites for hydroxylation is 1. The number of carbonyl (C=O) groups is 2. The van der Waals surface area contributed by atoms with Crippen molar-refractivity contribution < 1.29 is 9.59 Å². The minimum absolute atomic E-state index is 0.0534. The predicted octanol–water partition coefficient (Wildman–Crippen LogP) is 4.52. The number of benzene rings is 1. The van der Waals surface area contributed by atoms with Crippen molar-refractivity contribution in [3.05, 3.63) is 49.9 Å². The van der Waals surface area contributed by atoms with Crippen LogP contribution >= 0.6 is 34.5 Å². The molecule has 1 fully saturated rings. The molecule has 1 aliphatic heterocycles. The predicted molar refractivity (Wildman–Crippen MR) is 113 cm³/mol. The van der Waals surface area contributed by atoms with Gasteiger partial charge in [-0.1, -0.05) is 30.1 Å². The van der Waals surface area contributed by atoms with Gasteiger partial charge in [0.1, 0.15) is 0 Å². The zero-order valence-corrected chi connectivity index (χ0v) is 18.3. The number of aromatic nitrogens is 1. The smallest absolute Gasteiger partial charge is 0.253 e. The average Bonchev–Trinajstić information content (AvgIpc) is 3.16. The molecule has 0 radical (unpaired) electrons. The Morgan fingerprint density at radius 2 is 2.11 bits per heavy atom. The molecule has 0 bridgehead atoms. The third-order valence-electron chi connectivity index (χ3n) is 4.90. The van der Waals surface area contributed by atoms with Gasteiger partial charge in [0.05, 0.1) is 33.2 Å². The summed E-state index contributed by atoms with van der Waals surface area (Å²) in [7, 11) is 1.80. The summed E-state index contributed by atoms with van der Waals surface area (Å²) < 4.78 is 0. The molecular weight excluding hydrogens is 417 g/mol. The molecule has 1 saturated heterocycles.